The first-order valence-electron chi connectivity index (χ1n) is 15.8. The van der Waals surface area contributed by atoms with Crippen LogP contribution in [0.25, 0.3) is 86.3 Å². The molecule has 0 saturated carbocycles. The predicted octanol–water partition coefficient (Wildman–Crippen LogP) is 11.9. The monoisotopic (exact) mass is 604 g/mol. The first-order valence-corrected chi connectivity index (χ1v) is 16.6. The molecule has 0 N–H and O–H groups in total. The molecule has 3 aromatic heterocycles. The van der Waals surface area contributed by atoms with E-state index in [9.17, 15) is 0 Å². The molecule has 6 aromatic carbocycles. The summed E-state index contributed by atoms with van der Waals surface area (Å²) in [5.74, 6) is 0. The van der Waals surface area contributed by atoms with Gasteiger partial charge in [-0.3, -0.25) is 4.98 Å². The normalized spacial score (nSPS) is 13.6. The van der Waals surface area contributed by atoms with Gasteiger partial charge in [0.2, 0.25) is 0 Å². The van der Waals surface area contributed by atoms with Crippen LogP contribution < -0.4 is 0 Å². The molecule has 0 atom stereocenters. The lowest BCUT2D eigenvalue weighted by Gasteiger charge is -2.23. The first kappa shape index (κ1) is 25.9. The van der Waals surface area contributed by atoms with Crippen LogP contribution in [0.15, 0.2) is 134 Å². The second-order valence-electron chi connectivity index (χ2n) is 13.0. The Morgan fingerprint density at radius 2 is 1.24 bits per heavy atom. The van der Waals surface area contributed by atoms with Gasteiger partial charge in [-0.25, -0.2) is 4.98 Å². The lowest BCUT2D eigenvalue weighted by Crippen LogP contribution is -2.15. The van der Waals surface area contributed by atoms with Crippen molar-refractivity contribution in [3.63, 3.8) is 0 Å². The molecule has 0 unspecified atom stereocenters. The molecule has 0 aliphatic heterocycles. The molecule has 1 aliphatic carbocycles. The fraction of sp³-hybridized carbons (Fsp3) is 0.0698. The Balaban J connectivity index is 1.13. The molecule has 0 spiro atoms. The van der Waals surface area contributed by atoms with Gasteiger partial charge in [0.05, 0.1) is 16.7 Å². The highest BCUT2D eigenvalue weighted by Gasteiger charge is 2.38. The van der Waals surface area contributed by atoms with Gasteiger partial charge in [-0.2, -0.15) is 0 Å². The summed E-state index contributed by atoms with van der Waals surface area (Å²) in [5.41, 5.74) is 11.9. The van der Waals surface area contributed by atoms with E-state index < -0.39 is 0 Å². The molecular formula is C43H28N2S. The number of pyridine rings is 2. The van der Waals surface area contributed by atoms with Crippen LogP contribution in [0.2, 0.25) is 0 Å². The van der Waals surface area contributed by atoms with E-state index in [-0.39, 0.29) is 5.41 Å². The summed E-state index contributed by atoms with van der Waals surface area (Å²) in [6.45, 7) is 4.80. The third-order valence-electron chi connectivity index (χ3n) is 10.1. The maximum atomic E-state index is 5.19. The van der Waals surface area contributed by atoms with E-state index in [0.29, 0.717) is 0 Å². The number of thiophene rings is 1. The van der Waals surface area contributed by atoms with Gasteiger partial charge >= 0.3 is 0 Å². The largest absolute Gasteiger partial charge is 0.254 e. The van der Waals surface area contributed by atoms with E-state index >= 15 is 0 Å². The molecule has 3 heteroatoms. The number of hydrogen-bond donors (Lipinski definition) is 0. The van der Waals surface area contributed by atoms with Crippen molar-refractivity contribution in [1.82, 2.24) is 9.97 Å². The van der Waals surface area contributed by atoms with Gasteiger partial charge in [-0.1, -0.05) is 117 Å². The van der Waals surface area contributed by atoms with Crippen molar-refractivity contribution < 1.29 is 0 Å². The molecule has 216 valence electrons. The van der Waals surface area contributed by atoms with Gasteiger partial charge in [0.1, 0.15) is 0 Å². The van der Waals surface area contributed by atoms with Gasteiger partial charge in [0.15, 0.2) is 0 Å². The van der Waals surface area contributed by atoms with Crippen LogP contribution in [0.5, 0.6) is 0 Å². The minimum absolute atomic E-state index is 0.109. The van der Waals surface area contributed by atoms with Crippen LogP contribution in [0.3, 0.4) is 0 Å². The van der Waals surface area contributed by atoms with Crippen LogP contribution in [0.1, 0.15) is 25.0 Å². The second-order valence-corrected chi connectivity index (χ2v) is 14.0. The van der Waals surface area contributed by atoms with E-state index in [2.05, 4.69) is 140 Å². The zero-order chi connectivity index (χ0) is 30.6. The summed E-state index contributed by atoms with van der Waals surface area (Å²) >= 11 is 1.93. The molecule has 2 nitrogen and oxygen atoms in total. The van der Waals surface area contributed by atoms with Gasteiger partial charge in [0.25, 0.3) is 0 Å². The van der Waals surface area contributed by atoms with E-state index in [0.717, 1.165) is 33.1 Å². The highest BCUT2D eigenvalue weighted by molar-refractivity contribution is 7.26. The van der Waals surface area contributed by atoms with Crippen molar-refractivity contribution in [1.29, 1.82) is 0 Å². The van der Waals surface area contributed by atoms with Gasteiger partial charge in [-0.15, -0.1) is 11.3 Å². The number of aromatic nitrogens is 2. The molecule has 0 bridgehead atoms. The van der Waals surface area contributed by atoms with Gasteiger partial charge < -0.3 is 0 Å². The fourth-order valence-corrected chi connectivity index (χ4v) is 9.29. The second kappa shape index (κ2) is 9.32. The molecule has 9 aromatic rings. The molecule has 46 heavy (non-hydrogen) atoms. The number of benzene rings is 6. The summed E-state index contributed by atoms with van der Waals surface area (Å²) in [4.78, 5) is 9.88. The van der Waals surface area contributed by atoms with Crippen molar-refractivity contribution in [2.75, 3.05) is 0 Å². The molecular weight excluding hydrogens is 577 g/mol. The number of nitrogens with zero attached hydrogens (tertiary/aromatic N) is 2. The van der Waals surface area contributed by atoms with Crippen LogP contribution in [-0.2, 0) is 5.41 Å². The summed E-state index contributed by atoms with van der Waals surface area (Å²) in [7, 11) is 0. The average molecular weight is 605 g/mol. The zero-order valence-electron chi connectivity index (χ0n) is 25.5. The van der Waals surface area contributed by atoms with Crippen molar-refractivity contribution in [3.8, 4) is 33.5 Å². The van der Waals surface area contributed by atoms with Crippen molar-refractivity contribution >= 4 is 64.1 Å². The Kier molecular flexibility index (Phi) is 5.25. The van der Waals surface area contributed by atoms with Gasteiger partial charge in [0, 0.05) is 48.1 Å². The Morgan fingerprint density at radius 1 is 0.543 bits per heavy atom. The zero-order valence-corrected chi connectivity index (χ0v) is 26.3. The molecule has 0 saturated heterocycles. The highest BCUT2D eigenvalue weighted by Crippen LogP contribution is 2.54. The van der Waals surface area contributed by atoms with Crippen LogP contribution in [0.4, 0.5) is 0 Å². The fourth-order valence-electron chi connectivity index (χ4n) is 7.88. The van der Waals surface area contributed by atoms with Crippen LogP contribution in [-0.4, -0.2) is 9.97 Å². The number of hydrogen-bond acceptors (Lipinski definition) is 3. The van der Waals surface area contributed by atoms with Crippen molar-refractivity contribution in [2.45, 2.75) is 19.3 Å². The van der Waals surface area contributed by atoms with E-state index in [1.807, 2.05) is 23.6 Å². The Bertz CT molecular complexity index is 2730. The molecule has 0 radical (unpaired) electrons. The minimum atomic E-state index is -0.109. The maximum absolute atomic E-state index is 5.19. The lowest BCUT2D eigenvalue weighted by molar-refractivity contribution is 0.667. The van der Waals surface area contributed by atoms with E-state index in [1.54, 1.807) is 0 Å². The van der Waals surface area contributed by atoms with Crippen LogP contribution in [0, 0.1) is 0 Å². The van der Waals surface area contributed by atoms with E-state index in [4.69, 9.17) is 4.98 Å². The van der Waals surface area contributed by atoms with Crippen LogP contribution >= 0.6 is 11.3 Å². The third-order valence-corrected chi connectivity index (χ3v) is 11.3. The summed E-state index contributed by atoms with van der Waals surface area (Å²) in [6.07, 6.45) is 1.85. The number of rotatable bonds is 2. The Hall–Kier alpha value is -5.38. The average Bonchev–Trinajstić information content (AvgIpc) is 3.59. The molecule has 3 heterocycles. The molecule has 0 fully saturated rings. The third kappa shape index (κ3) is 3.52. The minimum Gasteiger partial charge on any atom is -0.254 e. The molecule has 1 aliphatic rings. The van der Waals surface area contributed by atoms with E-state index in [1.165, 1.54) is 64.3 Å². The predicted molar refractivity (Wildman–Crippen MR) is 196 cm³/mol. The maximum Gasteiger partial charge on any atom is 0.0972 e. The summed E-state index contributed by atoms with van der Waals surface area (Å²) < 4.78 is 2.78. The smallest absolute Gasteiger partial charge is 0.0972 e. The molecule has 10 rings (SSSR count). The standard InChI is InChI=1S/C43H28N2S/c1-43(2)36-24-27(15-17-31(36)34-20-21-35-33-11-5-6-12-38(33)46-42(35)39(34)43)28-18-19-32(30-10-4-3-9-29(28)30)37-22-16-26-14-13-25-8-7-23-44-40(25)41(26)45-37/h3-24H,1-2H3. The molecule has 0 amide bonds. The topological polar surface area (TPSA) is 25.8 Å². The lowest BCUT2D eigenvalue weighted by atomic mass is 9.81. The first-order chi connectivity index (χ1) is 22.6. The Labute approximate surface area is 270 Å². The summed E-state index contributed by atoms with van der Waals surface area (Å²) in [5, 5.41) is 7.37. The SMILES string of the molecule is CC1(C)c2cc(-c3ccc(-c4ccc5ccc6cccnc6c5n4)c4ccccc34)ccc2-c2ccc3c(sc4ccccc43)c21. The van der Waals surface area contributed by atoms with Crippen molar-refractivity contribution in [3.05, 3.63) is 145 Å². The summed E-state index contributed by atoms with van der Waals surface area (Å²) in [6, 6.07) is 46.5. The van der Waals surface area contributed by atoms with Crippen molar-refractivity contribution in [2.24, 2.45) is 0 Å². The Morgan fingerprint density at radius 3 is 2.11 bits per heavy atom. The number of fused-ring (bicyclic) bond motifs is 11. The highest BCUT2D eigenvalue weighted by atomic mass is 32.1. The quantitative estimate of drug-likeness (QED) is 0.183. The van der Waals surface area contributed by atoms with Gasteiger partial charge in [-0.05, 0) is 68.4 Å².